The van der Waals surface area contributed by atoms with Crippen molar-refractivity contribution in [3.05, 3.63) is 57.5 Å². The van der Waals surface area contributed by atoms with Gasteiger partial charge in [0.25, 0.3) is 0 Å². The molecule has 3 N–H and O–H groups in total. The number of anilines is 1. The third-order valence-corrected chi connectivity index (χ3v) is 3.95. The minimum absolute atomic E-state index is 0.426. The Bertz CT molecular complexity index is 664. The molecule has 2 aromatic carbocycles. The zero-order valence-corrected chi connectivity index (χ0v) is 13.6. The minimum atomic E-state index is -0.688. The number of methoxy groups -OCH3 is 1. The zero-order chi connectivity index (χ0) is 15.4. The second-order valence-corrected chi connectivity index (χ2v) is 5.62. The first-order chi connectivity index (χ1) is 10.0. The van der Waals surface area contributed by atoms with Gasteiger partial charge in [0.2, 0.25) is 5.91 Å². The third kappa shape index (κ3) is 3.68. The summed E-state index contributed by atoms with van der Waals surface area (Å²) in [7, 11) is 1.53. The summed E-state index contributed by atoms with van der Waals surface area (Å²) in [5.41, 5.74) is 6.94. The molecule has 1 amide bonds. The maximum atomic E-state index is 11.8. The molecule has 0 bridgehead atoms. The van der Waals surface area contributed by atoms with Gasteiger partial charge in [-0.25, -0.2) is 0 Å². The molecule has 4 nitrogen and oxygen atoms in total. The van der Waals surface area contributed by atoms with Crippen LogP contribution in [0.25, 0.3) is 0 Å². The van der Waals surface area contributed by atoms with E-state index in [-0.39, 0.29) is 0 Å². The topological polar surface area (TPSA) is 64.3 Å². The summed E-state index contributed by atoms with van der Waals surface area (Å²) in [5.74, 6) is 0.0523. The van der Waals surface area contributed by atoms with Crippen molar-refractivity contribution in [2.45, 2.75) is 6.04 Å². The molecule has 0 aromatic heterocycles. The Labute approximate surface area is 136 Å². The molecule has 1 unspecified atom stereocenters. The SMILES string of the molecule is COc1ccc(C(Nc2ccccc2Br)C(N)=O)cc1Cl. The van der Waals surface area contributed by atoms with Crippen molar-refractivity contribution in [2.75, 3.05) is 12.4 Å². The van der Waals surface area contributed by atoms with Gasteiger partial charge >= 0.3 is 0 Å². The molecular weight excluding hydrogens is 356 g/mol. The van der Waals surface area contributed by atoms with Gasteiger partial charge in [-0.2, -0.15) is 0 Å². The predicted octanol–water partition coefficient (Wildman–Crippen LogP) is 3.75. The van der Waals surface area contributed by atoms with Crippen molar-refractivity contribution in [1.29, 1.82) is 0 Å². The van der Waals surface area contributed by atoms with Gasteiger partial charge < -0.3 is 15.8 Å². The first kappa shape index (κ1) is 15.7. The summed E-state index contributed by atoms with van der Waals surface area (Å²) in [4.78, 5) is 11.8. The van der Waals surface area contributed by atoms with Gasteiger partial charge in [0.05, 0.1) is 12.1 Å². The van der Waals surface area contributed by atoms with Crippen molar-refractivity contribution in [2.24, 2.45) is 5.73 Å². The van der Waals surface area contributed by atoms with E-state index in [9.17, 15) is 4.79 Å². The third-order valence-electron chi connectivity index (χ3n) is 2.97. The lowest BCUT2D eigenvalue weighted by Gasteiger charge is -2.19. The van der Waals surface area contributed by atoms with E-state index in [4.69, 9.17) is 22.1 Å². The van der Waals surface area contributed by atoms with Crippen LogP contribution in [-0.4, -0.2) is 13.0 Å². The molecule has 1 atom stereocenters. The molecule has 2 aromatic rings. The van der Waals surface area contributed by atoms with Gasteiger partial charge in [-0.05, 0) is 45.8 Å². The molecule has 0 saturated carbocycles. The van der Waals surface area contributed by atoms with E-state index >= 15 is 0 Å². The molecule has 0 aliphatic carbocycles. The van der Waals surface area contributed by atoms with Crippen LogP contribution in [0.1, 0.15) is 11.6 Å². The van der Waals surface area contributed by atoms with Crippen LogP contribution >= 0.6 is 27.5 Å². The summed E-state index contributed by atoms with van der Waals surface area (Å²) < 4.78 is 5.94. The van der Waals surface area contributed by atoms with E-state index in [2.05, 4.69) is 21.2 Å². The highest BCUT2D eigenvalue weighted by molar-refractivity contribution is 9.10. The van der Waals surface area contributed by atoms with Crippen molar-refractivity contribution in [1.82, 2.24) is 0 Å². The number of hydrogen-bond donors (Lipinski definition) is 2. The molecule has 21 heavy (non-hydrogen) atoms. The fraction of sp³-hybridized carbons (Fsp3) is 0.133. The standard InChI is InChI=1S/C15H14BrClN2O2/c1-21-13-7-6-9(8-11(13)17)14(15(18)20)19-12-5-3-2-4-10(12)16/h2-8,14,19H,1H3,(H2,18,20). The molecule has 2 rings (SSSR count). The monoisotopic (exact) mass is 368 g/mol. The smallest absolute Gasteiger partial charge is 0.244 e. The summed E-state index contributed by atoms with van der Waals surface area (Å²) in [6.07, 6.45) is 0. The van der Waals surface area contributed by atoms with E-state index in [1.165, 1.54) is 7.11 Å². The fourth-order valence-electron chi connectivity index (χ4n) is 1.91. The lowest BCUT2D eigenvalue weighted by Crippen LogP contribution is -2.27. The highest BCUT2D eigenvalue weighted by atomic mass is 79.9. The van der Waals surface area contributed by atoms with E-state index in [0.29, 0.717) is 16.3 Å². The Kier molecular flexibility index (Phi) is 5.09. The molecule has 0 spiro atoms. The Hall–Kier alpha value is -1.72. The van der Waals surface area contributed by atoms with Crippen LogP contribution in [0, 0.1) is 0 Å². The minimum Gasteiger partial charge on any atom is -0.495 e. The number of nitrogens with two attached hydrogens (primary N) is 1. The van der Waals surface area contributed by atoms with Crippen LogP contribution in [0.15, 0.2) is 46.9 Å². The number of halogens is 2. The molecule has 0 fully saturated rings. The average molecular weight is 370 g/mol. The molecular formula is C15H14BrClN2O2. The lowest BCUT2D eigenvalue weighted by atomic mass is 10.1. The van der Waals surface area contributed by atoms with Crippen LogP contribution in [-0.2, 0) is 4.79 Å². The fourth-order valence-corrected chi connectivity index (χ4v) is 2.58. The average Bonchev–Trinajstić information content (AvgIpc) is 2.46. The summed E-state index contributed by atoms with van der Waals surface area (Å²) >= 11 is 9.52. The number of hydrogen-bond acceptors (Lipinski definition) is 3. The van der Waals surface area contributed by atoms with Crippen LogP contribution in [0.5, 0.6) is 5.75 Å². The van der Waals surface area contributed by atoms with Crippen molar-refractivity contribution in [3.8, 4) is 5.75 Å². The number of amides is 1. The molecule has 0 aliphatic heterocycles. The van der Waals surface area contributed by atoms with Crippen LogP contribution in [0.4, 0.5) is 5.69 Å². The molecule has 0 radical (unpaired) electrons. The quantitative estimate of drug-likeness (QED) is 0.843. The number of carbonyl (C=O) groups excluding carboxylic acids is 1. The molecule has 0 saturated heterocycles. The summed E-state index contributed by atoms with van der Waals surface area (Å²) in [6, 6.07) is 11.9. The van der Waals surface area contributed by atoms with Crippen LogP contribution < -0.4 is 15.8 Å². The first-order valence-corrected chi connectivity index (χ1v) is 7.34. The number of carbonyl (C=O) groups is 1. The van der Waals surface area contributed by atoms with Crippen molar-refractivity contribution < 1.29 is 9.53 Å². The molecule has 0 aliphatic rings. The van der Waals surface area contributed by atoms with E-state index in [0.717, 1.165) is 10.2 Å². The molecule has 110 valence electrons. The van der Waals surface area contributed by atoms with Gasteiger partial charge in [0, 0.05) is 10.2 Å². The Morgan fingerprint density at radius 2 is 2.05 bits per heavy atom. The number of para-hydroxylation sites is 1. The normalized spacial score (nSPS) is 11.8. The molecule has 6 heteroatoms. The number of primary amides is 1. The largest absolute Gasteiger partial charge is 0.495 e. The molecule has 0 heterocycles. The lowest BCUT2D eigenvalue weighted by molar-refractivity contribution is -0.118. The highest BCUT2D eigenvalue weighted by Gasteiger charge is 2.19. The van der Waals surface area contributed by atoms with E-state index in [1.54, 1.807) is 18.2 Å². The summed E-state index contributed by atoms with van der Waals surface area (Å²) in [6.45, 7) is 0. The van der Waals surface area contributed by atoms with Gasteiger partial charge in [0.1, 0.15) is 11.8 Å². The predicted molar refractivity (Wildman–Crippen MR) is 87.7 cm³/mol. The van der Waals surface area contributed by atoms with Gasteiger partial charge in [-0.1, -0.05) is 29.8 Å². The van der Waals surface area contributed by atoms with E-state index < -0.39 is 11.9 Å². The highest BCUT2D eigenvalue weighted by Crippen LogP contribution is 2.30. The van der Waals surface area contributed by atoms with Crippen molar-refractivity contribution in [3.63, 3.8) is 0 Å². The number of nitrogens with one attached hydrogen (secondary N) is 1. The first-order valence-electron chi connectivity index (χ1n) is 6.16. The maximum Gasteiger partial charge on any atom is 0.244 e. The van der Waals surface area contributed by atoms with Gasteiger partial charge in [0.15, 0.2) is 0 Å². The Balaban J connectivity index is 2.34. The van der Waals surface area contributed by atoms with Crippen LogP contribution in [0.2, 0.25) is 5.02 Å². The second kappa shape index (κ2) is 6.83. The number of rotatable bonds is 5. The van der Waals surface area contributed by atoms with Crippen LogP contribution in [0.3, 0.4) is 0 Å². The van der Waals surface area contributed by atoms with Gasteiger partial charge in [-0.15, -0.1) is 0 Å². The van der Waals surface area contributed by atoms with Crippen molar-refractivity contribution >= 4 is 39.1 Å². The van der Waals surface area contributed by atoms with E-state index in [1.807, 2.05) is 24.3 Å². The van der Waals surface area contributed by atoms with Gasteiger partial charge in [-0.3, -0.25) is 4.79 Å². The zero-order valence-electron chi connectivity index (χ0n) is 11.3. The second-order valence-electron chi connectivity index (χ2n) is 4.35. The maximum absolute atomic E-state index is 11.8. The number of ether oxygens (including phenoxy) is 1. The Morgan fingerprint density at radius 3 is 2.62 bits per heavy atom. The summed E-state index contributed by atoms with van der Waals surface area (Å²) in [5, 5.41) is 3.53. The number of benzene rings is 2. The Morgan fingerprint density at radius 1 is 1.33 bits per heavy atom.